The quantitative estimate of drug-likeness (QED) is 0.439. The number of para-hydroxylation sites is 2. The normalized spacial score (nSPS) is 11.1. The number of aromatic nitrogens is 2. The van der Waals surface area contributed by atoms with Gasteiger partial charge in [0.05, 0.1) is 16.7 Å². The van der Waals surface area contributed by atoms with E-state index in [4.69, 9.17) is 0 Å². The number of carbonyl (C=O) groups excluding carboxylic acids is 2. The van der Waals surface area contributed by atoms with Crippen molar-refractivity contribution in [3.8, 4) is 0 Å². The molecule has 2 N–H and O–H groups in total. The molecule has 2 amide bonds. The van der Waals surface area contributed by atoms with Crippen LogP contribution in [0.1, 0.15) is 27.4 Å². The van der Waals surface area contributed by atoms with Gasteiger partial charge in [0.1, 0.15) is 11.4 Å². The monoisotopic (exact) mass is 427 g/mol. The third-order valence-electron chi connectivity index (χ3n) is 5.10. The molecule has 0 atom stereocenters. The van der Waals surface area contributed by atoms with Crippen LogP contribution in [-0.2, 0) is 0 Å². The summed E-state index contributed by atoms with van der Waals surface area (Å²) in [6.45, 7) is 1.47. The van der Waals surface area contributed by atoms with Crippen molar-refractivity contribution in [2.45, 2.75) is 6.42 Å². The molecule has 4 aromatic rings. The van der Waals surface area contributed by atoms with E-state index in [2.05, 4.69) is 25.5 Å². The van der Waals surface area contributed by atoms with Crippen LogP contribution in [0.2, 0.25) is 0 Å². The van der Waals surface area contributed by atoms with E-state index < -0.39 is 0 Å². The molecule has 7 heteroatoms. The first-order chi connectivity index (χ1) is 15.5. The van der Waals surface area contributed by atoms with Crippen LogP contribution >= 0.6 is 0 Å². The summed E-state index contributed by atoms with van der Waals surface area (Å²) in [6.07, 6.45) is 0.854. The molecule has 0 spiro atoms. The molecule has 2 aromatic heterocycles. The van der Waals surface area contributed by atoms with Crippen molar-refractivity contribution in [2.24, 2.45) is 0 Å². The molecule has 2 aromatic carbocycles. The molecule has 4 rings (SSSR count). The van der Waals surface area contributed by atoms with E-state index >= 15 is 0 Å². The van der Waals surface area contributed by atoms with Gasteiger partial charge in [-0.25, -0.2) is 9.97 Å². The molecule has 0 aliphatic carbocycles. The number of hydrogen-bond acceptors (Lipinski definition) is 5. The van der Waals surface area contributed by atoms with Gasteiger partial charge < -0.3 is 15.5 Å². The number of pyridine rings is 2. The predicted molar refractivity (Wildman–Crippen MR) is 127 cm³/mol. The van der Waals surface area contributed by atoms with Crippen LogP contribution in [0.3, 0.4) is 0 Å². The maximum Gasteiger partial charge on any atom is 0.274 e. The lowest BCUT2D eigenvalue weighted by atomic mass is 10.1. The van der Waals surface area contributed by atoms with Crippen molar-refractivity contribution in [1.82, 2.24) is 20.2 Å². The van der Waals surface area contributed by atoms with Gasteiger partial charge in [0, 0.05) is 17.3 Å². The van der Waals surface area contributed by atoms with Gasteiger partial charge in [-0.1, -0.05) is 42.5 Å². The van der Waals surface area contributed by atoms with Gasteiger partial charge in [-0.05, 0) is 51.3 Å². The van der Waals surface area contributed by atoms with Crippen LogP contribution in [0.15, 0.2) is 66.7 Å². The SMILES string of the molecule is CN(C)CCCNC(=O)c1ccc2cccc(NC(=O)c3ccc4ccccc4n3)c2n1. The van der Waals surface area contributed by atoms with Crippen LogP contribution in [0.25, 0.3) is 21.8 Å². The molecule has 0 saturated heterocycles. The zero-order valence-electron chi connectivity index (χ0n) is 18.1. The highest BCUT2D eigenvalue weighted by Crippen LogP contribution is 2.23. The van der Waals surface area contributed by atoms with Crippen LogP contribution in [0.4, 0.5) is 5.69 Å². The van der Waals surface area contributed by atoms with Crippen LogP contribution in [0, 0.1) is 0 Å². The van der Waals surface area contributed by atoms with Crippen molar-refractivity contribution in [3.05, 3.63) is 78.1 Å². The summed E-state index contributed by atoms with van der Waals surface area (Å²) in [4.78, 5) is 36.4. The Morgan fingerprint density at radius 2 is 1.53 bits per heavy atom. The number of anilines is 1. The van der Waals surface area contributed by atoms with E-state index in [0.29, 0.717) is 29.1 Å². The highest BCUT2D eigenvalue weighted by atomic mass is 16.2. The lowest BCUT2D eigenvalue weighted by Gasteiger charge is -2.11. The molecule has 0 radical (unpaired) electrons. The van der Waals surface area contributed by atoms with Crippen LogP contribution in [0.5, 0.6) is 0 Å². The number of rotatable bonds is 7. The Kier molecular flexibility index (Phi) is 6.37. The summed E-state index contributed by atoms with van der Waals surface area (Å²) in [7, 11) is 3.99. The summed E-state index contributed by atoms with van der Waals surface area (Å²) >= 11 is 0. The number of nitrogens with zero attached hydrogens (tertiary/aromatic N) is 3. The summed E-state index contributed by atoms with van der Waals surface area (Å²) in [5.74, 6) is -0.563. The molecule has 0 unspecified atom stereocenters. The maximum absolute atomic E-state index is 12.9. The number of carbonyl (C=O) groups is 2. The van der Waals surface area contributed by atoms with Crippen molar-refractivity contribution in [2.75, 3.05) is 32.5 Å². The van der Waals surface area contributed by atoms with Crippen LogP contribution in [-0.4, -0.2) is 53.9 Å². The first-order valence-electron chi connectivity index (χ1n) is 10.5. The summed E-state index contributed by atoms with van der Waals surface area (Å²) in [5, 5.41) is 7.59. The van der Waals surface area contributed by atoms with Crippen LogP contribution < -0.4 is 10.6 Å². The van der Waals surface area contributed by atoms with E-state index in [1.165, 1.54) is 0 Å². The lowest BCUT2D eigenvalue weighted by Crippen LogP contribution is -2.27. The number of benzene rings is 2. The van der Waals surface area contributed by atoms with Gasteiger partial charge in [-0.15, -0.1) is 0 Å². The van der Waals surface area contributed by atoms with Gasteiger partial charge in [0.25, 0.3) is 11.8 Å². The number of fused-ring (bicyclic) bond motifs is 2. The molecule has 7 nitrogen and oxygen atoms in total. The minimum atomic E-state index is -0.330. The third-order valence-corrected chi connectivity index (χ3v) is 5.10. The number of hydrogen-bond donors (Lipinski definition) is 2. The van der Waals surface area contributed by atoms with Crippen molar-refractivity contribution in [3.63, 3.8) is 0 Å². The maximum atomic E-state index is 12.9. The Morgan fingerprint density at radius 3 is 2.34 bits per heavy atom. The summed E-state index contributed by atoms with van der Waals surface area (Å²) in [6, 6.07) is 20.2. The molecule has 0 aliphatic heterocycles. The fourth-order valence-electron chi connectivity index (χ4n) is 3.44. The van der Waals surface area contributed by atoms with E-state index in [-0.39, 0.29) is 11.8 Å². The Bertz CT molecular complexity index is 1290. The molecular weight excluding hydrogens is 402 g/mol. The van der Waals surface area contributed by atoms with Gasteiger partial charge >= 0.3 is 0 Å². The van der Waals surface area contributed by atoms with E-state index in [1.54, 1.807) is 18.2 Å². The van der Waals surface area contributed by atoms with E-state index in [1.807, 2.05) is 62.6 Å². The van der Waals surface area contributed by atoms with Gasteiger partial charge in [0.2, 0.25) is 0 Å². The Balaban J connectivity index is 1.54. The number of nitrogens with one attached hydrogen (secondary N) is 2. The molecule has 0 aliphatic rings. The average Bonchev–Trinajstić information content (AvgIpc) is 2.81. The Hall–Kier alpha value is -3.84. The molecule has 2 heterocycles. The van der Waals surface area contributed by atoms with Gasteiger partial charge in [0.15, 0.2) is 0 Å². The zero-order valence-corrected chi connectivity index (χ0v) is 18.1. The largest absolute Gasteiger partial charge is 0.351 e. The molecule has 32 heavy (non-hydrogen) atoms. The second-order valence-electron chi connectivity index (χ2n) is 7.83. The summed E-state index contributed by atoms with van der Waals surface area (Å²) < 4.78 is 0. The molecular formula is C25H25N5O2. The molecule has 0 bridgehead atoms. The average molecular weight is 428 g/mol. The fraction of sp³-hybridized carbons (Fsp3) is 0.200. The first kappa shape index (κ1) is 21.4. The zero-order chi connectivity index (χ0) is 22.5. The molecule has 0 saturated carbocycles. The third kappa shape index (κ3) is 4.90. The predicted octanol–water partition coefficient (Wildman–Crippen LogP) is 3.72. The van der Waals surface area contributed by atoms with E-state index in [0.717, 1.165) is 29.3 Å². The minimum Gasteiger partial charge on any atom is -0.351 e. The smallest absolute Gasteiger partial charge is 0.274 e. The Morgan fingerprint density at radius 1 is 0.812 bits per heavy atom. The van der Waals surface area contributed by atoms with E-state index in [9.17, 15) is 9.59 Å². The minimum absolute atomic E-state index is 0.233. The fourth-order valence-corrected chi connectivity index (χ4v) is 3.44. The van der Waals surface area contributed by atoms with Crippen molar-refractivity contribution >= 4 is 39.3 Å². The lowest BCUT2D eigenvalue weighted by molar-refractivity contribution is 0.0947. The van der Waals surface area contributed by atoms with Crippen molar-refractivity contribution in [1.29, 1.82) is 0 Å². The number of amides is 2. The highest BCUT2D eigenvalue weighted by molar-refractivity contribution is 6.08. The second-order valence-corrected chi connectivity index (χ2v) is 7.83. The first-order valence-corrected chi connectivity index (χ1v) is 10.5. The standard InChI is InChI=1S/C25H25N5O2/c1-30(2)16-6-15-26-24(31)21-14-12-18-8-5-10-20(23(18)28-21)29-25(32)22-13-11-17-7-3-4-9-19(17)27-22/h3-5,7-14H,6,15-16H2,1-2H3,(H,26,31)(H,29,32). The molecule has 162 valence electrons. The van der Waals surface area contributed by atoms with Gasteiger partial charge in [-0.3, -0.25) is 9.59 Å². The Labute approximate surface area is 186 Å². The summed E-state index contributed by atoms with van der Waals surface area (Å²) in [5.41, 5.74) is 2.47. The second kappa shape index (κ2) is 9.53. The van der Waals surface area contributed by atoms with Crippen molar-refractivity contribution < 1.29 is 9.59 Å². The topological polar surface area (TPSA) is 87.2 Å². The molecule has 0 fully saturated rings. The van der Waals surface area contributed by atoms with Gasteiger partial charge in [-0.2, -0.15) is 0 Å². The highest BCUT2D eigenvalue weighted by Gasteiger charge is 2.13.